The maximum Gasteiger partial charge on any atom is 0.284 e. The standard InChI is InChI=1S/C20H16N4O3S/c1-28(26,27)13-17-19-23-22-16(12-11-14-7-3-2-4-8-14)20(25)24(19)18-10-6-5-9-15(18)21-17/h2-12H,13H2,1H3/b12-11-. The Morgan fingerprint density at radius 2 is 1.68 bits per heavy atom. The van der Waals surface area contributed by atoms with E-state index >= 15 is 0 Å². The summed E-state index contributed by atoms with van der Waals surface area (Å²) in [4.78, 5) is 17.5. The first-order valence-corrected chi connectivity index (χ1v) is 10.6. The molecule has 4 aromatic rings. The maximum atomic E-state index is 13.1. The molecule has 0 spiro atoms. The lowest BCUT2D eigenvalue weighted by molar-refractivity contribution is 0.600. The molecular formula is C20H16N4O3S. The van der Waals surface area contributed by atoms with Gasteiger partial charge >= 0.3 is 0 Å². The second-order valence-electron chi connectivity index (χ2n) is 6.41. The van der Waals surface area contributed by atoms with Gasteiger partial charge in [0.05, 0.1) is 16.8 Å². The first-order valence-electron chi connectivity index (χ1n) is 8.50. The summed E-state index contributed by atoms with van der Waals surface area (Å²) >= 11 is 0. The van der Waals surface area contributed by atoms with Crippen molar-refractivity contribution in [3.05, 3.63) is 81.9 Å². The van der Waals surface area contributed by atoms with Gasteiger partial charge in [0.1, 0.15) is 5.69 Å². The second kappa shape index (κ2) is 6.97. The number of hydrogen-bond donors (Lipinski definition) is 0. The number of nitrogens with zero attached hydrogens (tertiary/aromatic N) is 4. The summed E-state index contributed by atoms with van der Waals surface area (Å²) in [6, 6.07) is 16.6. The molecule has 2 aromatic carbocycles. The number of aromatic nitrogens is 4. The van der Waals surface area contributed by atoms with Gasteiger partial charge in [-0.05, 0) is 23.8 Å². The third-order valence-corrected chi connectivity index (χ3v) is 4.95. The van der Waals surface area contributed by atoms with Crippen LogP contribution >= 0.6 is 0 Å². The summed E-state index contributed by atoms with van der Waals surface area (Å²) in [5, 5.41) is 8.14. The quantitative estimate of drug-likeness (QED) is 0.495. The second-order valence-corrected chi connectivity index (χ2v) is 8.55. The molecule has 28 heavy (non-hydrogen) atoms. The smallest absolute Gasteiger partial charge is 0.266 e. The number of benzene rings is 2. The van der Waals surface area contributed by atoms with Crippen LogP contribution in [0.1, 0.15) is 17.0 Å². The maximum absolute atomic E-state index is 13.1. The summed E-state index contributed by atoms with van der Waals surface area (Å²) in [5.41, 5.74) is 2.10. The monoisotopic (exact) mass is 392 g/mol. The highest BCUT2D eigenvalue weighted by Gasteiger charge is 2.17. The van der Waals surface area contributed by atoms with Gasteiger partial charge in [0.15, 0.2) is 21.2 Å². The number of rotatable bonds is 4. The molecule has 0 atom stereocenters. The highest BCUT2D eigenvalue weighted by molar-refractivity contribution is 7.89. The Hall–Kier alpha value is -3.39. The normalized spacial score (nSPS) is 12.2. The van der Waals surface area contributed by atoms with Crippen molar-refractivity contribution in [1.29, 1.82) is 0 Å². The van der Waals surface area contributed by atoms with Crippen molar-refractivity contribution in [2.75, 3.05) is 6.26 Å². The van der Waals surface area contributed by atoms with Crippen LogP contribution < -0.4 is 5.56 Å². The summed E-state index contributed by atoms with van der Waals surface area (Å²) in [6.07, 6.45) is 4.49. The Kier molecular flexibility index (Phi) is 4.48. The molecule has 0 N–H and O–H groups in total. The van der Waals surface area contributed by atoms with Gasteiger partial charge in [-0.2, -0.15) is 0 Å². The molecule has 7 nitrogen and oxygen atoms in total. The topological polar surface area (TPSA) is 94.3 Å². The van der Waals surface area contributed by atoms with Gasteiger partial charge < -0.3 is 0 Å². The predicted octanol–water partition coefficient (Wildman–Crippen LogP) is 2.35. The predicted molar refractivity (Wildman–Crippen MR) is 108 cm³/mol. The Labute approximate surface area is 160 Å². The lowest BCUT2D eigenvalue weighted by atomic mass is 10.2. The minimum Gasteiger partial charge on any atom is -0.266 e. The van der Waals surface area contributed by atoms with Crippen molar-refractivity contribution >= 4 is 38.7 Å². The first-order chi connectivity index (χ1) is 13.4. The van der Waals surface area contributed by atoms with Gasteiger partial charge in [0.2, 0.25) is 0 Å². The van der Waals surface area contributed by atoms with Crippen molar-refractivity contribution in [3.8, 4) is 0 Å². The Morgan fingerprint density at radius 1 is 0.964 bits per heavy atom. The zero-order valence-corrected chi connectivity index (χ0v) is 15.8. The van der Waals surface area contributed by atoms with Crippen LogP contribution in [0.15, 0.2) is 59.4 Å². The average molecular weight is 392 g/mol. The van der Waals surface area contributed by atoms with Crippen LogP contribution in [0.2, 0.25) is 0 Å². The molecule has 0 saturated carbocycles. The summed E-state index contributed by atoms with van der Waals surface area (Å²) in [7, 11) is -3.37. The molecule has 0 radical (unpaired) electrons. The van der Waals surface area contributed by atoms with Crippen molar-refractivity contribution in [3.63, 3.8) is 0 Å². The van der Waals surface area contributed by atoms with Crippen LogP contribution in [0, 0.1) is 0 Å². The molecule has 8 heteroatoms. The third kappa shape index (κ3) is 3.54. The summed E-state index contributed by atoms with van der Waals surface area (Å²) in [5.74, 6) is -0.325. The Balaban J connectivity index is 1.97. The van der Waals surface area contributed by atoms with Crippen LogP contribution in [-0.4, -0.2) is 34.3 Å². The highest BCUT2D eigenvalue weighted by atomic mass is 32.2. The van der Waals surface area contributed by atoms with E-state index in [1.54, 1.807) is 36.4 Å². The van der Waals surface area contributed by atoms with Crippen LogP contribution in [-0.2, 0) is 15.6 Å². The number of sulfone groups is 1. The molecule has 140 valence electrons. The first kappa shape index (κ1) is 18.0. The summed E-state index contributed by atoms with van der Waals surface area (Å²) < 4.78 is 25.0. The van der Waals surface area contributed by atoms with Crippen LogP contribution in [0.3, 0.4) is 0 Å². The number of hydrogen-bond acceptors (Lipinski definition) is 6. The number of fused-ring (bicyclic) bond motifs is 3. The van der Waals surface area contributed by atoms with Crippen molar-refractivity contribution in [2.45, 2.75) is 5.75 Å². The minimum atomic E-state index is -3.37. The Morgan fingerprint density at radius 3 is 2.43 bits per heavy atom. The van der Waals surface area contributed by atoms with E-state index in [-0.39, 0.29) is 28.3 Å². The molecule has 4 rings (SSSR count). The SMILES string of the molecule is CS(=O)(=O)Cc1nc2ccccc2n2c(=O)c(/C=C\c3ccccc3)nnc12. The lowest BCUT2D eigenvalue weighted by Crippen LogP contribution is -2.22. The molecule has 0 bridgehead atoms. The lowest BCUT2D eigenvalue weighted by Gasteiger charge is -2.09. The van der Waals surface area contributed by atoms with Gasteiger partial charge in [0, 0.05) is 6.26 Å². The molecular weight excluding hydrogens is 376 g/mol. The van der Waals surface area contributed by atoms with E-state index in [1.807, 2.05) is 30.3 Å². The molecule has 0 aliphatic heterocycles. The molecule has 0 unspecified atom stereocenters. The van der Waals surface area contributed by atoms with Crippen LogP contribution in [0.4, 0.5) is 0 Å². The fraction of sp³-hybridized carbons (Fsp3) is 0.100. The molecule has 2 aromatic heterocycles. The van der Waals surface area contributed by atoms with E-state index < -0.39 is 9.84 Å². The molecule has 0 aliphatic carbocycles. The largest absolute Gasteiger partial charge is 0.284 e. The van der Waals surface area contributed by atoms with Gasteiger partial charge in [-0.25, -0.2) is 13.4 Å². The van der Waals surface area contributed by atoms with Gasteiger partial charge in [-0.3, -0.25) is 9.20 Å². The summed E-state index contributed by atoms with van der Waals surface area (Å²) in [6.45, 7) is 0. The molecule has 0 aliphatic rings. The van der Waals surface area contributed by atoms with E-state index in [4.69, 9.17) is 0 Å². The zero-order valence-electron chi connectivity index (χ0n) is 15.0. The van der Waals surface area contributed by atoms with Crippen molar-refractivity contribution in [2.24, 2.45) is 0 Å². The van der Waals surface area contributed by atoms with E-state index in [2.05, 4.69) is 15.2 Å². The number of para-hydroxylation sites is 2. The van der Waals surface area contributed by atoms with E-state index in [0.29, 0.717) is 11.0 Å². The molecule has 0 amide bonds. The molecule has 0 saturated heterocycles. The average Bonchev–Trinajstić information content (AvgIpc) is 2.67. The van der Waals surface area contributed by atoms with Gasteiger partial charge in [-0.15, -0.1) is 10.2 Å². The fourth-order valence-corrected chi connectivity index (χ4v) is 3.63. The Bertz CT molecular complexity index is 1380. The van der Waals surface area contributed by atoms with Crippen LogP contribution in [0.25, 0.3) is 28.8 Å². The fourth-order valence-electron chi connectivity index (χ4n) is 2.94. The molecule has 2 heterocycles. The third-order valence-electron chi connectivity index (χ3n) is 4.15. The van der Waals surface area contributed by atoms with E-state index in [9.17, 15) is 13.2 Å². The van der Waals surface area contributed by atoms with Gasteiger partial charge in [0.25, 0.3) is 5.56 Å². The highest BCUT2D eigenvalue weighted by Crippen LogP contribution is 2.17. The minimum absolute atomic E-state index is 0.144. The molecule has 0 fully saturated rings. The van der Waals surface area contributed by atoms with Gasteiger partial charge in [-0.1, -0.05) is 48.5 Å². The van der Waals surface area contributed by atoms with Crippen molar-refractivity contribution < 1.29 is 8.42 Å². The van der Waals surface area contributed by atoms with E-state index in [1.165, 1.54) is 4.40 Å². The van der Waals surface area contributed by atoms with Crippen molar-refractivity contribution in [1.82, 2.24) is 19.6 Å². The van der Waals surface area contributed by atoms with E-state index in [0.717, 1.165) is 11.8 Å². The van der Waals surface area contributed by atoms with Crippen LogP contribution in [0.5, 0.6) is 0 Å². The zero-order chi connectivity index (χ0) is 19.7.